The summed E-state index contributed by atoms with van der Waals surface area (Å²) in [4.78, 5) is 1.74. The van der Waals surface area contributed by atoms with Gasteiger partial charge in [-0.3, -0.25) is 4.55 Å². The van der Waals surface area contributed by atoms with Gasteiger partial charge >= 0.3 is 0 Å². The Kier molecular flexibility index (Phi) is 5.57. The summed E-state index contributed by atoms with van der Waals surface area (Å²) < 4.78 is 33.8. The number of para-hydroxylation sites is 1. The summed E-state index contributed by atoms with van der Waals surface area (Å²) in [5, 5.41) is -1.09. The van der Waals surface area contributed by atoms with E-state index in [1.165, 1.54) is 0 Å². The van der Waals surface area contributed by atoms with Crippen molar-refractivity contribution in [3.63, 3.8) is 0 Å². The Morgan fingerprint density at radius 2 is 1.55 bits per heavy atom. The van der Waals surface area contributed by atoms with Gasteiger partial charge in [0.05, 0.1) is 0 Å². The Bertz CT molecular complexity index is 672. The lowest BCUT2D eigenvalue weighted by Crippen LogP contribution is -2.34. The van der Waals surface area contributed by atoms with E-state index < -0.39 is 15.5 Å². The van der Waals surface area contributed by atoms with Crippen LogP contribution in [0.15, 0.2) is 60.7 Å². The van der Waals surface area contributed by atoms with Crippen molar-refractivity contribution in [2.45, 2.75) is 25.1 Å². The number of nitrogens with zero attached hydrogens (tertiary/aromatic N) is 1. The SMILES string of the molecule is CCCCN(c1ccccc1)C(c1ccccc1)S(=O)(=O)O. The molecule has 0 amide bonds. The molecule has 0 bridgehead atoms. The van der Waals surface area contributed by atoms with E-state index in [0.29, 0.717) is 12.1 Å². The van der Waals surface area contributed by atoms with Gasteiger partial charge in [-0.05, 0) is 24.1 Å². The fourth-order valence-corrected chi connectivity index (χ4v) is 3.51. The van der Waals surface area contributed by atoms with Crippen molar-refractivity contribution < 1.29 is 13.0 Å². The lowest BCUT2D eigenvalue weighted by Gasteiger charge is -2.32. The minimum Gasteiger partial charge on any atom is -0.349 e. The zero-order valence-corrected chi connectivity index (χ0v) is 13.4. The maximum absolute atomic E-state index is 12.0. The predicted molar refractivity (Wildman–Crippen MR) is 89.4 cm³/mol. The van der Waals surface area contributed by atoms with E-state index in [4.69, 9.17) is 0 Å². The highest BCUT2D eigenvalue weighted by Gasteiger charge is 2.31. The zero-order chi connectivity index (χ0) is 16.0. The monoisotopic (exact) mass is 319 g/mol. The van der Waals surface area contributed by atoms with E-state index >= 15 is 0 Å². The maximum Gasteiger partial charge on any atom is 0.290 e. The molecule has 1 unspecified atom stereocenters. The van der Waals surface area contributed by atoms with Crippen LogP contribution in [0.5, 0.6) is 0 Å². The first-order valence-corrected chi connectivity index (χ1v) is 8.87. The van der Waals surface area contributed by atoms with Crippen LogP contribution in [-0.2, 0) is 10.1 Å². The average molecular weight is 319 g/mol. The van der Waals surface area contributed by atoms with Crippen LogP contribution in [0, 0.1) is 0 Å². The Morgan fingerprint density at radius 1 is 1.00 bits per heavy atom. The molecule has 4 nitrogen and oxygen atoms in total. The molecule has 0 aliphatic rings. The van der Waals surface area contributed by atoms with Crippen LogP contribution in [0.3, 0.4) is 0 Å². The van der Waals surface area contributed by atoms with Gasteiger partial charge < -0.3 is 4.90 Å². The molecule has 0 fully saturated rings. The number of rotatable bonds is 7. The van der Waals surface area contributed by atoms with Crippen molar-refractivity contribution in [1.82, 2.24) is 0 Å². The average Bonchev–Trinajstić information content (AvgIpc) is 2.52. The molecule has 2 rings (SSSR count). The smallest absolute Gasteiger partial charge is 0.290 e. The van der Waals surface area contributed by atoms with Crippen LogP contribution in [-0.4, -0.2) is 19.5 Å². The van der Waals surface area contributed by atoms with Crippen LogP contribution in [0.2, 0.25) is 0 Å². The third-order valence-electron chi connectivity index (χ3n) is 3.49. The van der Waals surface area contributed by atoms with Gasteiger partial charge in [0.25, 0.3) is 10.1 Å². The molecular formula is C17H21NO3S. The Morgan fingerprint density at radius 3 is 2.05 bits per heavy atom. The Labute approximate surface area is 132 Å². The van der Waals surface area contributed by atoms with E-state index in [0.717, 1.165) is 18.5 Å². The van der Waals surface area contributed by atoms with Crippen LogP contribution >= 0.6 is 0 Å². The molecule has 0 saturated heterocycles. The molecule has 0 aliphatic carbocycles. The van der Waals surface area contributed by atoms with Gasteiger partial charge in [0.1, 0.15) is 0 Å². The Balaban J connectivity index is 2.49. The third-order valence-corrected chi connectivity index (χ3v) is 4.58. The molecule has 2 aromatic rings. The molecule has 0 aromatic heterocycles. The van der Waals surface area contributed by atoms with Gasteiger partial charge in [-0.2, -0.15) is 8.42 Å². The molecule has 118 valence electrons. The van der Waals surface area contributed by atoms with Crippen LogP contribution in [0.4, 0.5) is 5.69 Å². The standard InChI is InChI=1S/C17H21NO3S/c1-2-3-14-18(16-12-8-5-9-13-16)17(22(19,20)21)15-10-6-4-7-11-15/h4-13,17H,2-3,14H2,1H3,(H,19,20,21). The summed E-state index contributed by atoms with van der Waals surface area (Å²) in [6.45, 7) is 2.61. The minimum absolute atomic E-state index is 0.555. The summed E-state index contributed by atoms with van der Waals surface area (Å²) in [5.41, 5.74) is 1.34. The first-order chi connectivity index (χ1) is 10.5. The van der Waals surface area contributed by atoms with Crippen molar-refractivity contribution in [3.8, 4) is 0 Å². The summed E-state index contributed by atoms with van der Waals surface area (Å²) in [5.74, 6) is 0. The number of benzene rings is 2. The van der Waals surface area contributed by atoms with Gasteiger partial charge in [0.15, 0.2) is 5.37 Å². The van der Waals surface area contributed by atoms with Crippen LogP contribution < -0.4 is 4.90 Å². The first kappa shape index (κ1) is 16.5. The van der Waals surface area contributed by atoms with Gasteiger partial charge in [-0.25, -0.2) is 0 Å². The molecule has 0 saturated carbocycles. The molecule has 5 heteroatoms. The summed E-state index contributed by atoms with van der Waals surface area (Å²) in [6.07, 6.45) is 1.78. The van der Waals surface area contributed by atoms with Gasteiger partial charge in [0.2, 0.25) is 0 Å². The second-order valence-corrected chi connectivity index (χ2v) is 6.64. The molecular weight excluding hydrogens is 298 g/mol. The van der Waals surface area contributed by atoms with Crippen LogP contribution in [0.1, 0.15) is 30.7 Å². The van der Waals surface area contributed by atoms with Crippen molar-refractivity contribution in [2.75, 3.05) is 11.4 Å². The second-order valence-electron chi connectivity index (χ2n) is 5.16. The molecule has 2 aromatic carbocycles. The fourth-order valence-electron chi connectivity index (χ4n) is 2.46. The quantitative estimate of drug-likeness (QED) is 0.787. The topological polar surface area (TPSA) is 57.6 Å². The summed E-state index contributed by atoms with van der Waals surface area (Å²) in [7, 11) is -4.27. The first-order valence-electron chi connectivity index (χ1n) is 7.37. The minimum atomic E-state index is -4.27. The highest BCUT2D eigenvalue weighted by atomic mass is 32.2. The highest BCUT2D eigenvalue weighted by molar-refractivity contribution is 7.86. The lowest BCUT2D eigenvalue weighted by atomic mass is 10.1. The molecule has 22 heavy (non-hydrogen) atoms. The largest absolute Gasteiger partial charge is 0.349 e. The zero-order valence-electron chi connectivity index (χ0n) is 12.6. The highest BCUT2D eigenvalue weighted by Crippen LogP contribution is 2.31. The van der Waals surface area contributed by atoms with Gasteiger partial charge in [-0.15, -0.1) is 0 Å². The van der Waals surface area contributed by atoms with Crippen molar-refractivity contribution in [2.24, 2.45) is 0 Å². The van der Waals surface area contributed by atoms with Gasteiger partial charge in [-0.1, -0.05) is 61.9 Å². The Hall–Kier alpha value is -1.85. The maximum atomic E-state index is 12.0. The van der Waals surface area contributed by atoms with Crippen molar-refractivity contribution in [1.29, 1.82) is 0 Å². The molecule has 0 spiro atoms. The molecule has 1 N–H and O–H groups in total. The number of anilines is 1. The van der Waals surface area contributed by atoms with E-state index in [2.05, 4.69) is 0 Å². The molecule has 0 heterocycles. The molecule has 0 aliphatic heterocycles. The normalized spacial score (nSPS) is 12.8. The van der Waals surface area contributed by atoms with E-state index in [9.17, 15) is 13.0 Å². The second kappa shape index (κ2) is 7.42. The third kappa shape index (κ3) is 4.08. The van der Waals surface area contributed by atoms with Gasteiger partial charge in [0, 0.05) is 12.2 Å². The van der Waals surface area contributed by atoms with E-state index in [-0.39, 0.29) is 0 Å². The number of hydrogen-bond donors (Lipinski definition) is 1. The number of hydrogen-bond acceptors (Lipinski definition) is 3. The van der Waals surface area contributed by atoms with Crippen molar-refractivity contribution >= 4 is 15.8 Å². The predicted octanol–water partition coefficient (Wildman–Crippen LogP) is 3.88. The van der Waals surface area contributed by atoms with E-state index in [1.807, 2.05) is 43.3 Å². The molecule has 0 radical (unpaired) electrons. The summed E-state index contributed by atoms with van der Waals surface area (Å²) in [6, 6.07) is 18.1. The number of unbranched alkanes of at least 4 members (excludes halogenated alkanes) is 1. The molecule has 1 atom stereocenters. The lowest BCUT2D eigenvalue weighted by molar-refractivity contribution is 0.463. The van der Waals surface area contributed by atoms with E-state index in [1.54, 1.807) is 29.2 Å². The summed E-state index contributed by atoms with van der Waals surface area (Å²) >= 11 is 0. The van der Waals surface area contributed by atoms with Crippen molar-refractivity contribution in [3.05, 3.63) is 66.2 Å². The fraction of sp³-hybridized carbons (Fsp3) is 0.294. The van der Waals surface area contributed by atoms with Crippen LogP contribution in [0.25, 0.3) is 0 Å².